The first-order valence-corrected chi connectivity index (χ1v) is 6.73. The molecule has 1 rings (SSSR count). The molecule has 3 atom stereocenters. The fraction of sp³-hybridized carbons (Fsp3) is 1.00. The number of rotatable bonds is 4. The van der Waals surface area contributed by atoms with Crippen molar-refractivity contribution in [1.82, 2.24) is 4.90 Å². The molecule has 0 saturated heterocycles. The van der Waals surface area contributed by atoms with Crippen LogP contribution in [-0.4, -0.2) is 41.4 Å². The quantitative estimate of drug-likeness (QED) is 0.846. The van der Waals surface area contributed by atoms with Crippen molar-refractivity contribution in [3.8, 4) is 0 Å². The Kier molecular flexibility index (Phi) is 5.46. The average Bonchev–Trinajstić information content (AvgIpc) is 2.25. The summed E-state index contributed by atoms with van der Waals surface area (Å²) in [5, 5.41) is 9.96. The highest BCUT2D eigenvalue weighted by Gasteiger charge is 2.38. The van der Waals surface area contributed by atoms with Crippen LogP contribution in [-0.2, 0) is 0 Å². The van der Waals surface area contributed by atoms with E-state index in [0.717, 1.165) is 6.42 Å². The van der Waals surface area contributed by atoms with E-state index in [2.05, 4.69) is 13.8 Å². The van der Waals surface area contributed by atoms with Crippen LogP contribution in [0.2, 0.25) is 0 Å². The van der Waals surface area contributed by atoms with Crippen molar-refractivity contribution in [3.63, 3.8) is 0 Å². The summed E-state index contributed by atoms with van der Waals surface area (Å²) in [5.74, 6) is 0.880. The van der Waals surface area contributed by atoms with Gasteiger partial charge < -0.3 is 5.11 Å². The van der Waals surface area contributed by atoms with Gasteiger partial charge in [-0.05, 0) is 37.6 Å². The molecular weight excluding hydrogens is 243 g/mol. The highest BCUT2D eigenvalue weighted by Crippen LogP contribution is 2.33. The molecule has 0 aliphatic heterocycles. The van der Waals surface area contributed by atoms with Crippen LogP contribution >= 0.6 is 0 Å². The molecule has 0 aromatic heterocycles. The molecule has 0 aromatic carbocycles. The van der Waals surface area contributed by atoms with Crippen molar-refractivity contribution in [1.29, 1.82) is 0 Å². The van der Waals surface area contributed by atoms with Gasteiger partial charge >= 0.3 is 6.18 Å². The van der Waals surface area contributed by atoms with Crippen molar-refractivity contribution in [2.45, 2.75) is 58.4 Å². The molecule has 108 valence electrons. The molecule has 18 heavy (non-hydrogen) atoms. The summed E-state index contributed by atoms with van der Waals surface area (Å²) in [4.78, 5) is 1.37. The summed E-state index contributed by atoms with van der Waals surface area (Å²) in [5.41, 5.74) is 0. The molecule has 1 aliphatic rings. The molecule has 0 amide bonds. The highest BCUT2D eigenvalue weighted by atomic mass is 19.4. The first kappa shape index (κ1) is 15.8. The number of alkyl halides is 3. The van der Waals surface area contributed by atoms with E-state index < -0.39 is 18.8 Å². The zero-order valence-corrected chi connectivity index (χ0v) is 11.4. The lowest BCUT2D eigenvalue weighted by atomic mass is 9.77. The van der Waals surface area contributed by atoms with Crippen LogP contribution in [0.3, 0.4) is 0 Å². The maximum Gasteiger partial charge on any atom is 0.401 e. The molecule has 0 radical (unpaired) electrons. The Hall–Kier alpha value is -0.290. The standard InChI is InChI=1S/C13H24F3NO/c1-4-17(8-13(14,15)16)11-7-10(9(2)3)5-6-12(11)18/h9-12,18H,4-8H2,1-3H3. The predicted molar refractivity (Wildman–Crippen MR) is 65.3 cm³/mol. The van der Waals surface area contributed by atoms with Gasteiger partial charge in [-0.1, -0.05) is 20.8 Å². The Morgan fingerprint density at radius 2 is 1.89 bits per heavy atom. The van der Waals surface area contributed by atoms with Crippen LogP contribution in [0.25, 0.3) is 0 Å². The van der Waals surface area contributed by atoms with Gasteiger partial charge in [0.25, 0.3) is 0 Å². The molecule has 2 nitrogen and oxygen atoms in total. The molecular formula is C13H24F3NO. The van der Waals surface area contributed by atoms with E-state index in [1.165, 1.54) is 4.90 Å². The van der Waals surface area contributed by atoms with E-state index >= 15 is 0 Å². The Morgan fingerprint density at radius 3 is 2.33 bits per heavy atom. The fourth-order valence-corrected chi connectivity index (χ4v) is 2.85. The van der Waals surface area contributed by atoms with Gasteiger partial charge in [0, 0.05) is 6.04 Å². The zero-order valence-electron chi connectivity index (χ0n) is 11.4. The van der Waals surface area contributed by atoms with E-state index in [9.17, 15) is 18.3 Å². The van der Waals surface area contributed by atoms with Crippen molar-refractivity contribution in [3.05, 3.63) is 0 Å². The number of hydrogen-bond donors (Lipinski definition) is 1. The molecule has 1 aliphatic carbocycles. The highest BCUT2D eigenvalue weighted by molar-refractivity contribution is 4.88. The Balaban J connectivity index is 2.69. The minimum absolute atomic E-state index is 0.325. The van der Waals surface area contributed by atoms with Crippen LogP contribution in [0.5, 0.6) is 0 Å². The second kappa shape index (κ2) is 6.24. The molecule has 1 fully saturated rings. The lowest BCUT2D eigenvalue weighted by Gasteiger charge is -2.41. The third kappa shape index (κ3) is 4.43. The lowest BCUT2D eigenvalue weighted by molar-refractivity contribution is -0.158. The largest absolute Gasteiger partial charge is 0.401 e. The number of nitrogens with zero attached hydrogens (tertiary/aromatic N) is 1. The normalized spacial score (nSPS) is 30.2. The predicted octanol–water partition coefficient (Wildman–Crippen LogP) is 3.06. The summed E-state index contributed by atoms with van der Waals surface area (Å²) in [6.45, 7) is 5.32. The van der Waals surface area contributed by atoms with Crippen LogP contribution in [0.4, 0.5) is 13.2 Å². The van der Waals surface area contributed by atoms with Crippen LogP contribution < -0.4 is 0 Å². The number of aliphatic hydroxyl groups excluding tert-OH is 1. The Morgan fingerprint density at radius 1 is 1.28 bits per heavy atom. The van der Waals surface area contributed by atoms with Crippen molar-refractivity contribution >= 4 is 0 Å². The monoisotopic (exact) mass is 267 g/mol. The van der Waals surface area contributed by atoms with E-state index in [1.807, 2.05) is 0 Å². The van der Waals surface area contributed by atoms with E-state index in [-0.39, 0.29) is 6.04 Å². The number of halogens is 3. The molecule has 1 N–H and O–H groups in total. The van der Waals surface area contributed by atoms with E-state index in [4.69, 9.17) is 0 Å². The maximum atomic E-state index is 12.5. The van der Waals surface area contributed by atoms with Crippen molar-refractivity contribution in [2.24, 2.45) is 11.8 Å². The SMILES string of the molecule is CCN(CC(F)(F)F)C1CC(C(C)C)CCC1O. The third-order valence-electron chi connectivity index (χ3n) is 4.02. The van der Waals surface area contributed by atoms with Crippen molar-refractivity contribution < 1.29 is 18.3 Å². The smallest absolute Gasteiger partial charge is 0.391 e. The summed E-state index contributed by atoms with van der Waals surface area (Å²) in [7, 11) is 0. The van der Waals surface area contributed by atoms with Gasteiger partial charge in [-0.15, -0.1) is 0 Å². The first-order valence-electron chi connectivity index (χ1n) is 6.73. The lowest BCUT2D eigenvalue weighted by Crippen LogP contribution is -2.50. The Labute approximate surface area is 107 Å². The van der Waals surface area contributed by atoms with Gasteiger partial charge in [0.05, 0.1) is 12.6 Å². The zero-order chi connectivity index (χ0) is 13.9. The summed E-state index contributed by atoms with van der Waals surface area (Å²) in [6.07, 6.45) is -2.62. The summed E-state index contributed by atoms with van der Waals surface area (Å²) in [6, 6.07) is -0.349. The second-order valence-corrected chi connectivity index (χ2v) is 5.63. The van der Waals surface area contributed by atoms with Crippen LogP contribution in [0.1, 0.15) is 40.0 Å². The topological polar surface area (TPSA) is 23.5 Å². The molecule has 0 bridgehead atoms. The molecule has 1 saturated carbocycles. The maximum absolute atomic E-state index is 12.5. The number of hydrogen-bond acceptors (Lipinski definition) is 2. The fourth-order valence-electron chi connectivity index (χ4n) is 2.85. The van der Waals surface area contributed by atoms with Gasteiger partial charge in [0.15, 0.2) is 0 Å². The molecule has 5 heteroatoms. The number of aliphatic hydroxyl groups is 1. The van der Waals surface area contributed by atoms with Gasteiger partial charge in [-0.2, -0.15) is 13.2 Å². The average molecular weight is 267 g/mol. The molecule has 0 aromatic rings. The van der Waals surface area contributed by atoms with Gasteiger partial charge in [0.2, 0.25) is 0 Å². The first-order chi connectivity index (χ1) is 8.24. The van der Waals surface area contributed by atoms with Crippen molar-refractivity contribution in [2.75, 3.05) is 13.1 Å². The van der Waals surface area contributed by atoms with E-state index in [0.29, 0.717) is 31.2 Å². The van der Waals surface area contributed by atoms with Crippen LogP contribution in [0, 0.1) is 11.8 Å². The Bertz CT molecular complexity index is 255. The summed E-state index contributed by atoms with van der Waals surface area (Å²) < 4.78 is 37.5. The minimum atomic E-state index is -4.19. The van der Waals surface area contributed by atoms with Gasteiger partial charge in [-0.25, -0.2) is 0 Å². The van der Waals surface area contributed by atoms with E-state index in [1.54, 1.807) is 6.92 Å². The summed E-state index contributed by atoms with van der Waals surface area (Å²) >= 11 is 0. The second-order valence-electron chi connectivity index (χ2n) is 5.63. The third-order valence-corrected chi connectivity index (χ3v) is 4.02. The van der Waals surface area contributed by atoms with Gasteiger partial charge in [-0.3, -0.25) is 4.90 Å². The van der Waals surface area contributed by atoms with Gasteiger partial charge in [0.1, 0.15) is 0 Å². The van der Waals surface area contributed by atoms with Crippen LogP contribution in [0.15, 0.2) is 0 Å². The minimum Gasteiger partial charge on any atom is -0.391 e. The number of likely N-dealkylation sites (N-methyl/N-ethyl adjacent to an activating group) is 1. The molecule has 0 spiro atoms. The molecule has 3 unspecified atom stereocenters. The molecule has 0 heterocycles.